The molecule has 0 aliphatic carbocycles. The summed E-state index contributed by atoms with van der Waals surface area (Å²) in [5.74, 6) is -0.160. The van der Waals surface area contributed by atoms with Gasteiger partial charge in [0, 0.05) is 31.5 Å². The Morgan fingerprint density at radius 1 is 1.26 bits per heavy atom. The van der Waals surface area contributed by atoms with Gasteiger partial charge in [-0.3, -0.25) is 4.79 Å². The predicted octanol–water partition coefficient (Wildman–Crippen LogP) is 1.46. The molecule has 0 aromatic heterocycles. The lowest BCUT2D eigenvalue weighted by Crippen LogP contribution is -2.29. The second kappa shape index (κ2) is 7.38. The average Bonchev–Trinajstić information content (AvgIpc) is 2.33. The van der Waals surface area contributed by atoms with Crippen LogP contribution in [-0.4, -0.2) is 30.2 Å². The highest BCUT2D eigenvalue weighted by Crippen LogP contribution is 2.20. The van der Waals surface area contributed by atoms with Gasteiger partial charge in [-0.05, 0) is 31.0 Å². The molecule has 1 aromatic rings. The number of aliphatic hydroxyl groups is 1. The van der Waals surface area contributed by atoms with Crippen LogP contribution >= 0.6 is 0 Å². The van der Waals surface area contributed by atoms with E-state index in [-0.39, 0.29) is 18.5 Å². The van der Waals surface area contributed by atoms with Crippen LogP contribution in [0.4, 0.5) is 16.2 Å². The largest absolute Gasteiger partial charge is 0.396 e. The molecule has 0 spiro atoms. The lowest BCUT2D eigenvalue weighted by molar-refractivity contribution is -0.114. The minimum atomic E-state index is -0.342. The Kier molecular flexibility index (Phi) is 5.81. The van der Waals surface area contributed by atoms with Crippen molar-refractivity contribution < 1.29 is 14.7 Å². The summed E-state index contributed by atoms with van der Waals surface area (Å²) in [4.78, 5) is 22.6. The van der Waals surface area contributed by atoms with E-state index in [1.54, 1.807) is 12.1 Å². The van der Waals surface area contributed by atoms with Crippen molar-refractivity contribution in [2.45, 2.75) is 20.3 Å². The summed E-state index contributed by atoms with van der Waals surface area (Å²) in [5.41, 5.74) is 2.18. The quantitative estimate of drug-likeness (QED) is 0.607. The van der Waals surface area contributed by atoms with E-state index in [0.29, 0.717) is 24.3 Å². The molecule has 4 N–H and O–H groups in total. The molecule has 0 unspecified atom stereocenters. The molecule has 1 aromatic carbocycles. The highest BCUT2D eigenvalue weighted by molar-refractivity contribution is 5.93. The maximum Gasteiger partial charge on any atom is 0.319 e. The average molecular weight is 265 g/mol. The Morgan fingerprint density at radius 3 is 2.63 bits per heavy atom. The second-order valence-electron chi connectivity index (χ2n) is 4.17. The Hall–Kier alpha value is -2.08. The van der Waals surface area contributed by atoms with Crippen LogP contribution in [0.1, 0.15) is 18.9 Å². The zero-order valence-electron chi connectivity index (χ0n) is 11.1. The zero-order valence-corrected chi connectivity index (χ0v) is 11.1. The molecule has 0 aliphatic rings. The molecule has 3 amide bonds. The number of urea groups is 1. The van der Waals surface area contributed by atoms with Gasteiger partial charge in [0.1, 0.15) is 0 Å². The van der Waals surface area contributed by atoms with E-state index in [1.807, 2.05) is 13.0 Å². The molecule has 0 radical (unpaired) electrons. The molecule has 104 valence electrons. The van der Waals surface area contributed by atoms with Crippen molar-refractivity contribution in [3.8, 4) is 0 Å². The fourth-order valence-corrected chi connectivity index (χ4v) is 1.48. The van der Waals surface area contributed by atoms with Gasteiger partial charge in [0.15, 0.2) is 0 Å². The highest BCUT2D eigenvalue weighted by Gasteiger charge is 2.05. The third-order valence-corrected chi connectivity index (χ3v) is 2.43. The van der Waals surface area contributed by atoms with Gasteiger partial charge in [-0.15, -0.1) is 0 Å². The Morgan fingerprint density at radius 2 is 2.00 bits per heavy atom. The summed E-state index contributed by atoms with van der Waals surface area (Å²) in [6, 6.07) is 4.93. The van der Waals surface area contributed by atoms with E-state index in [0.717, 1.165) is 5.56 Å². The molecule has 0 atom stereocenters. The molecule has 0 fully saturated rings. The van der Waals surface area contributed by atoms with Crippen LogP contribution in [0.15, 0.2) is 18.2 Å². The Bertz CT molecular complexity index is 460. The standard InChI is InChI=1S/C13H19N3O3/c1-9-4-5-11(8-12(9)15-10(2)18)16-13(19)14-6-3-7-17/h4-5,8,17H,3,6-7H2,1-2H3,(H,15,18)(H2,14,16,19). The minimum absolute atomic E-state index is 0.0392. The van der Waals surface area contributed by atoms with Crippen molar-refractivity contribution in [3.05, 3.63) is 23.8 Å². The topological polar surface area (TPSA) is 90.5 Å². The molecule has 19 heavy (non-hydrogen) atoms. The van der Waals surface area contributed by atoms with Gasteiger partial charge in [0.25, 0.3) is 0 Å². The van der Waals surface area contributed by atoms with Gasteiger partial charge in [0.05, 0.1) is 0 Å². The lowest BCUT2D eigenvalue weighted by atomic mass is 10.2. The number of carbonyl (C=O) groups is 2. The Balaban J connectivity index is 2.63. The first-order chi connectivity index (χ1) is 9.02. The molecule has 1 rings (SSSR count). The summed E-state index contributed by atoms with van der Waals surface area (Å²) in [6.07, 6.45) is 0.512. The van der Waals surface area contributed by atoms with Crippen LogP contribution in [0, 0.1) is 6.92 Å². The number of hydrogen-bond donors (Lipinski definition) is 4. The third kappa shape index (κ3) is 5.39. The van der Waals surface area contributed by atoms with Gasteiger partial charge in [0.2, 0.25) is 5.91 Å². The summed E-state index contributed by atoms with van der Waals surface area (Å²) in [6.45, 7) is 3.75. The zero-order chi connectivity index (χ0) is 14.3. The third-order valence-electron chi connectivity index (χ3n) is 2.43. The summed E-state index contributed by atoms with van der Waals surface area (Å²) >= 11 is 0. The van der Waals surface area contributed by atoms with E-state index in [1.165, 1.54) is 6.92 Å². The second-order valence-corrected chi connectivity index (χ2v) is 4.17. The number of nitrogens with one attached hydrogen (secondary N) is 3. The highest BCUT2D eigenvalue weighted by atomic mass is 16.3. The van der Waals surface area contributed by atoms with Gasteiger partial charge in [-0.2, -0.15) is 0 Å². The van der Waals surface area contributed by atoms with Gasteiger partial charge in [-0.25, -0.2) is 4.79 Å². The van der Waals surface area contributed by atoms with E-state index in [4.69, 9.17) is 5.11 Å². The number of aryl methyl sites for hydroxylation is 1. The van der Waals surface area contributed by atoms with Crippen LogP contribution in [-0.2, 0) is 4.79 Å². The molecule has 0 aliphatic heterocycles. The van der Waals surface area contributed by atoms with Crippen molar-refractivity contribution in [2.75, 3.05) is 23.8 Å². The van der Waals surface area contributed by atoms with Gasteiger partial charge in [-0.1, -0.05) is 6.07 Å². The number of hydrogen-bond acceptors (Lipinski definition) is 3. The SMILES string of the molecule is CC(=O)Nc1cc(NC(=O)NCCCO)ccc1C. The summed E-state index contributed by atoms with van der Waals surface area (Å²) < 4.78 is 0. The predicted molar refractivity (Wildman–Crippen MR) is 74.2 cm³/mol. The molecular formula is C13H19N3O3. The van der Waals surface area contributed by atoms with E-state index in [9.17, 15) is 9.59 Å². The number of rotatable bonds is 5. The molecule has 0 bridgehead atoms. The number of amides is 3. The van der Waals surface area contributed by atoms with Crippen molar-refractivity contribution in [1.29, 1.82) is 0 Å². The smallest absolute Gasteiger partial charge is 0.319 e. The first kappa shape index (κ1) is 15.0. The van der Waals surface area contributed by atoms with Crippen molar-refractivity contribution in [2.24, 2.45) is 0 Å². The van der Waals surface area contributed by atoms with Crippen LogP contribution in [0.2, 0.25) is 0 Å². The van der Waals surface area contributed by atoms with Crippen molar-refractivity contribution in [1.82, 2.24) is 5.32 Å². The van der Waals surface area contributed by atoms with Crippen LogP contribution in [0.25, 0.3) is 0 Å². The van der Waals surface area contributed by atoms with Crippen LogP contribution in [0.3, 0.4) is 0 Å². The number of aliphatic hydroxyl groups excluding tert-OH is 1. The number of carbonyl (C=O) groups excluding carboxylic acids is 2. The van der Waals surface area contributed by atoms with Crippen LogP contribution in [0.5, 0.6) is 0 Å². The molecule has 0 saturated heterocycles. The summed E-state index contributed by atoms with van der Waals surface area (Å²) in [5, 5.41) is 16.6. The maximum absolute atomic E-state index is 11.5. The first-order valence-electron chi connectivity index (χ1n) is 6.07. The van der Waals surface area contributed by atoms with Crippen LogP contribution < -0.4 is 16.0 Å². The van der Waals surface area contributed by atoms with E-state index >= 15 is 0 Å². The van der Waals surface area contributed by atoms with Crippen molar-refractivity contribution >= 4 is 23.3 Å². The molecule has 0 heterocycles. The number of anilines is 2. The fraction of sp³-hybridized carbons (Fsp3) is 0.385. The molecule has 0 saturated carbocycles. The van der Waals surface area contributed by atoms with Gasteiger partial charge < -0.3 is 21.1 Å². The summed E-state index contributed by atoms with van der Waals surface area (Å²) in [7, 11) is 0. The molecule has 6 nitrogen and oxygen atoms in total. The molecular weight excluding hydrogens is 246 g/mol. The Labute approximate surface area is 112 Å². The fourth-order valence-electron chi connectivity index (χ4n) is 1.48. The lowest BCUT2D eigenvalue weighted by Gasteiger charge is -2.11. The number of benzene rings is 1. The maximum atomic E-state index is 11.5. The van der Waals surface area contributed by atoms with E-state index < -0.39 is 0 Å². The monoisotopic (exact) mass is 265 g/mol. The normalized spacial score (nSPS) is 9.84. The van der Waals surface area contributed by atoms with Gasteiger partial charge >= 0.3 is 6.03 Å². The molecule has 6 heteroatoms. The first-order valence-corrected chi connectivity index (χ1v) is 6.07. The van der Waals surface area contributed by atoms with Crippen molar-refractivity contribution in [3.63, 3.8) is 0 Å². The minimum Gasteiger partial charge on any atom is -0.396 e. The van der Waals surface area contributed by atoms with E-state index in [2.05, 4.69) is 16.0 Å².